The van der Waals surface area contributed by atoms with Crippen LogP contribution in [0.15, 0.2) is 48.5 Å². The van der Waals surface area contributed by atoms with Crippen molar-refractivity contribution in [3.63, 3.8) is 0 Å². The van der Waals surface area contributed by atoms with Gasteiger partial charge in [0.25, 0.3) is 11.8 Å². The quantitative estimate of drug-likeness (QED) is 0.848. The number of hydrogen-bond acceptors (Lipinski definition) is 3. The van der Waals surface area contributed by atoms with E-state index in [0.717, 1.165) is 6.07 Å². The predicted molar refractivity (Wildman–Crippen MR) is 74.3 cm³/mol. The standard InChI is InChI=1S/C15H13FN2O3/c1-21-13-7-3-5-11(9-13)15(20)18-17-14(19)10-4-2-6-12(16)8-10/h2-9H,1H3,(H,17,19)(H,18,20). The number of benzene rings is 2. The molecule has 2 aromatic carbocycles. The summed E-state index contributed by atoms with van der Waals surface area (Å²) in [5.41, 5.74) is 4.91. The molecule has 0 unspecified atom stereocenters. The summed E-state index contributed by atoms with van der Waals surface area (Å²) >= 11 is 0. The maximum Gasteiger partial charge on any atom is 0.269 e. The molecule has 2 N–H and O–H groups in total. The summed E-state index contributed by atoms with van der Waals surface area (Å²) in [7, 11) is 1.49. The first-order valence-corrected chi connectivity index (χ1v) is 6.10. The zero-order valence-corrected chi connectivity index (χ0v) is 11.2. The Balaban J connectivity index is 1.99. The van der Waals surface area contributed by atoms with Gasteiger partial charge in [-0.15, -0.1) is 0 Å². The van der Waals surface area contributed by atoms with Crippen LogP contribution in [-0.4, -0.2) is 18.9 Å². The number of halogens is 1. The molecule has 0 heterocycles. The number of amides is 2. The molecule has 0 aliphatic rings. The highest BCUT2D eigenvalue weighted by Crippen LogP contribution is 2.12. The third kappa shape index (κ3) is 3.79. The highest BCUT2D eigenvalue weighted by molar-refractivity contribution is 5.99. The zero-order valence-electron chi connectivity index (χ0n) is 11.2. The van der Waals surface area contributed by atoms with Gasteiger partial charge in [-0.1, -0.05) is 12.1 Å². The monoisotopic (exact) mass is 288 g/mol. The van der Waals surface area contributed by atoms with Gasteiger partial charge in [0, 0.05) is 11.1 Å². The van der Waals surface area contributed by atoms with Crippen molar-refractivity contribution in [2.75, 3.05) is 7.11 Å². The second-order valence-corrected chi connectivity index (χ2v) is 4.15. The van der Waals surface area contributed by atoms with Crippen molar-refractivity contribution in [3.8, 4) is 5.75 Å². The van der Waals surface area contributed by atoms with Gasteiger partial charge in [-0.3, -0.25) is 20.4 Å². The molecule has 0 aromatic heterocycles. The summed E-state index contributed by atoms with van der Waals surface area (Å²) in [6.45, 7) is 0. The predicted octanol–water partition coefficient (Wildman–Crippen LogP) is 1.91. The largest absolute Gasteiger partial charge is 0.497 e. The smallest absolute Gasteiger partial charge is 0.269 e. The van der Waals surface area contributed by atoms with Crippen LogP contribution < -0.4 is 15.6 Å². The molecule has 0 bridgehead atoms. The Bertz CT molecular complexity index is 673. The van der Waals surface area contributed by atoms with E-state index in [1.54, 1.807) is 18.2 Å². The molecule has 0 saturated carbocycles. The minimum Gasteiger partial charge on any atom is -0.497 e. The molecule has 0 saturated heterocycles. The Kier molecular flexibility index (Phi) is 4.50. The molecule has 21 heavy (non-hydrogen) atoms. The average molecular weight is 288 g/mol. The Morgan fingerprint density at radius 1 is 0.952 bits per heavy atom. The van der Waals surface area contributed by atoms with Gasteiger partial charge in [-0.25, -0.2) is 4.39 Å². The molecule has 0 fully saturated rings. The van der Waals surface area contributed by atoms with E-state index in [1.807, 2.05) is 0 Å². The fourth-order valence-electron chi connectivity index (χ4n) is 1.65. The highest BCUT2D eigenvalue weighted by Gasteiger charge is 2.10. The van der Waals surface area contributed by atoms with Gasteiger partial charge in [0.1, 0.15) is 11.6 Å². The molecule has 0 spiro atoms. The molecule has 0 atom stereocenters. The van der Waals surface area contributed by atoms with Gasteiger partial charge < -0.3 is 4.74 Å². The SMILES string of the molecule is COc1cccc(C(=O)NNC(=O)c2cccc(F)c2)c1. The van der Waals surface area contributed by atoms with Crippen molar-refractivity contribution in [1.29, 1.82) is 0 Å². The van der Waals surface area contributed by atoms with Gasteiger partial charge in [0.2, 0.25) is 0 Å². The number of hydrazine groups is 1. The van der Waals surface area contributed by atoms with Crippen LogP contribution in [-0.2, 0) is 0 Å². The van der Waals surface area contributed by atoms with E-state index in [1.165, 1.54) is 31.4 Å². The van der Waals surface area contributed by atoms with Gasteiger partial charge in [-0.05, 0) is 36.4 Å². The molecule has 0 radical (unpaired) electrons. The Labute approximate surface area is 120 Å². The van der Waals surface area contributed by atoms with Crippen LogP contribution in [0.2, 0.25) is 0 Å². The number of carbonyl (C=O) groups is 2. The Morgan fingerprint density at radius 3 is 2.10 bits per heavy atom. The Hall–Kier alpha value is -2.89. The second-order valence-electron chi connectivity index (χ2n) is 4.15. The van der Waals surface area contributed by atoms with Crippen molar-refractivity contribution < 1.29 is 18.7 Å². The van der Waals surface area contributed by atoms with Crippen LogP contribution in [0.1, 0.15) is 20.7 Å². The van der Waals surface area contributed by atoms with Gasteiger partial charge >= 0.3 is 0 Å². The molecule has 108 valence electrons. The van der Waals surface area contributed by atoms with Crippen LogP contribution in [0.4, 0.5) is 4.39 Å². The number of nitrogens with one attached hydrogen (secondary N) is 2. The fraction of sp³-hybridized carbons (Fsp3) is 0.0667. The number of hydrogen-bond donors (Lipinski definition) is 2. The van der Waals surface area contributed by atoms with Crippen molar-refractivity contribution in [1.82, 2.24) is 10.9 Å². The van der Waals surface area contributed by atoms with E-state index in [0.29, 0.717) is 11.3 Å². The fourth-order valence-corrected chi connectivity index (χ4v) is 1.65. The van der Waals surface area contributed by atoms with Crippen molar-refractivity contribution in [3.05, 3.63) is 65.5 Å². The molecule has 0 aliphatic heterocycles. The van der Waals surface area contributed by atoms with E-state index in [9.17, 15) is 14.0 Å². The number of ether oxygens (including phenoxy) is 1. The van der Waals surface area contributed by atoms with Crippen molar-refractivity contribution in [2.24, 2.45) is 0 Å². The summed E-state index contributed by atoms with van der Waals surface area (Å²) < 4.78 is 18.0. The molecule has 2 aromatic rings. The van der Waals surface area contributed by atoms with Crippen LogP contribution >= 0.6 is 0 Å². The van der Waals surface area contributed by atoms with Gasteiger partial charge in [0.05, 0.1) is 7.11 Å². The zero-order chi connectivity index (χ0) is 15.2. The number of rotatable bonds is 3. The number of carbonyl (C=O) groups excluding carboxylic acids is 2. The molecule has 2 amide bonds. The minimum atomic E-state index is -0.606. The lowest BCUT2D eigenvalue weighted by atomic mass is 10.2. The van der Waals surface area contributed by atoms with Crippen LogP contribution in [0.3, 0.4) is 0 Å². The van der Waals surface area contributed by atoms with E-state index in [4.69, 9.17) is 4.74 Å². The second kappa shape index (κ2) is 6.51. The van der Waals surface area contributed by atoms with Crippen LogP contribution in [0, 0.1) is 5.82 Å². The van der Waals surface area contributed by atoms with E-state index >= 15 is 0 Å². The summed E-state index contributed by atoms with van der Waals surface area (Å²) in [6, 6.07) is 11.6. The lowest BCUT2D eigenvalue weighted by Gasteiger charge is -2.08. The Morgan fingerprint density at radius 2 is 1.52 bits per heavy atom. The lowest BCUT2D eigenvalue weighted by Crippen LogP contribution is -2.41. The van der Waals surface area contributed by atoms with E-state index in [-0.39, 0.29) is 5.56 Å². The number of methoxy groups -OCH3 is 1. The normalized spacial score (nSPS) is 9.81. The summed E-state index contributed by atoms with van der Waals surface area (Å²) in [5.74, 6) is -1.11. The van der Waals surface area contributed by atoms with Crippen LogP contribution in [0.25, 0.3) is 0 Å². The third-order valence-electron chi connectivity index (χ3n) is 2.71. The summed E-state index contributed by atoms with van der Waals surface area (Å²) in [4.78, 5) is 23.6. The molecule has 0 aliphatic carbocycles. The van der Waals surface area contributed by atoms with E-state index in [2.05, 4.69) is 10.9 Å². The third-order valence-corrected chi connectivity index (χ3v) is 2.71. The molecule has 5 nitrogen and oxygen atoms in total. The van der Waals surface area contributed by atoms with Crippen molar-refractivity contribution >= 4 is 11.8 Å². The molecule has 6 heteroatoms. The molecular weight excluding hydrogens is 275 g/mol. The lowest BCUT2D eigenvalue weighted by molar-refractivity contribution is 0.0846. The first-order valence-electron chi connectivity index (χ1n) is 6.10. The minimum absolute atomic E-state index is 0.112. The topological polar surface area (TPSA) is 67.4 Å². The first kappa shape index (κ1) is 14.5. The summed E-state index contributed by atoms with van der Waals surface area (Å²) in [6.07, 6.45) is 0. The summed E-state index contributed by atoms with van der Waals surface area (Å²) in [5, 5.41) is 0. The van der Waals surface area contributed by atoms with Crippen molar-refractivity contribution in [2.45, 2.75) is 0 Å². The molecule has 2 rings (SSSR count). The highest BCUT2D eigenvalue weighted by atomic mass is 19.1. The van der Waals surface area contributed by atoms with Gasteiger partial charge in [0.15, 0.2) is 0 Å². The van der Waals surface area contributed by atoms with Gasteiger partial charge in [-0.2, -0.15) is 0 Å². The maximum absolute atomic E-state index is 13.0. The molecular formula is C15H13FN2O3. The average Bonchev–Trinajstić information content (AvgIpc) is 2.52. The maximum atomic E-state index is 13.0. The first-order chi connectivity index (χ1) is 10.1. The van der Waals surface area contributed by atoms with Crippen LogP contribution in [0.5, 0.6) is 5.75 Å². The van der Waals surface area contributed by atoms with E-state index < -0.39 is 17.6 Å².